The van der Waals surface area contributed by atoms with Crippen LogP contribution in [-0.4, -0.2) is 23.9 Å². The first-order valence-corrected chi connectivity index (χ1v) is 6.96. The number of fused-ring (bicyclic) bond motifs is 1. The highest BCUT2D eigenvalue weighted by atomic mass is 16.5. The van der Waals surface area contributed by atoms with Crippen molar-refractivity contribution in [3.05, 3.63) is 29.3 Å². The minimum Gasteiger partial charge on any atom is -0.493 e. The third-order valence-corrected chi connectivity index (χ3v) is 4.07. The van der Waals surface area contributed by atoms with Gasteiger partial charge >= 0.3 is 0 Å². The minimum absolute atomic E-state index is 0.0894. The second-order valence-corrected chi connectivity index (χ2v) is 5.42. The van der Waals surface area contributed by atoms with Gasteiger partial charge in [0.15, 0.2) is 0 Å². The van der Waals surface area contributed by atoms with Crippen molar-refractivity contribution in [3.63, 3.8) is 0 Å². The lowest BCUT2D eigenvalue weighted by Crippen LogP contribution is -2.45. The van der Waals surface area contributed by atoms with E-state index in [1.54, 1.807) is 0 Å². The summed E-state index contributed by atoms with van der Waals surface area (Å²) in [7, 11) is 0. The molecule has 3 rings (SSSR count). The standard InChI is InChI=1S/C15H21NO2/c1-2-14(16-12-8-13(17)9-12)10-3-4-15-11(7-10)5-6-18-15/h3-4,7,12-14,16-17H,2,5-6,8-9H2,1H3. The maximum atomic E-state index is 9.34. The SMILES string of the molecule is CCC(NC1CC(O)C1)c1ccc2c(c1)CCO2. The lowest BCUT2D eigenvalue weighted by Gasteiger charge is -2.35. The van der Waals surface area contributed by atoms with Crippen LogP contribution in [0.15, 0.2) is 18.2 Å². The van der Waals surface area contributed by atoms with Gasteiger partial charge in [0.1, 0.15) is 5.75 Å². The maximum Gasteiger partial charge on any atom is 0.122 e. The zero-order valence-corrected chi connectivity index (χ0v) is 10.9. The van der Waals surface area contributed by atoms with Crippen molar-refractivity contribution >= 4 is 0 Å². The van der Waals surface area contributed by atoms with Crippen LogP contribution in [0.3, 0.4) is 0 Å². The molecule has 1 fully saturated rings. The van der Waals surface area contributed by atoms with E-state index in [-0.39, 0.29) is 6.10 Å². The Labute approximate surface area is 108 Å². The molecule has 18 heavy (non-hydrogen) atoms. The van der Waals surface area contributed by atoms with Crippen molar-refractivity contribution in [1.29, 1.82) is 0 Å². The number of hydrogen-bond donors (Lipinski definition) is 2. The van der Waals surface area contributed by atoms with E-state index >= 15 is 0 Å². The third kappa shape index (κ3) is 2.25. The summed E-state index contributed by atoms with van der Waals surface area (Å²) >= 11 is 0. The highest BCUT2D eigenvalue weighted by molar-refractivity contribution is 5.40. The van der Waals surface area contributed by atoms with Crippen LogP contribution >= 0.6 is 0 Å². The molecule has 1 saturated carbocycles. The average Bonchev–Trinajstić information content (AvgIpc) is 2.80. The lowest BCUT2D eigenvalue weighted by molar-refractivity contribution is 0.0574. The summed E-state index contributed by atoms with van der Waals surface area (Å²) in [5.74, 6) is 1.05. The van der Waals surface area contributed by atoms with E-state index < -0.39 is 0 Å². The first kappa shape index (κ1) is 12.0. The Morgan fingerprint density at radius 1 is 1.44 bits per heavy atom. The van der Waals surface area contributed by atoms with Gasteiger partial charge in [-0.3, -0.25) is 0 Å². The fourth-order valence-electron chi connectivity index (χ4n) is 2.88. The molecule has 98 valence electrons. The fourth-order valence-corrected chi connectivity index (χ4v) is 2.88. The molecule has 1 aliphatic heterocycles. The summed E-state index contributed by atoms with van der Waals surface area (Å²) < 4.78 is 5.54. The van der Waals surface area contributed by atoms with Gasteiger partial charge in [-0.25, -0.2) is 0 Å². The fraction of sp³-hybridized carbons (Fsp3) is 0.600. The molecule has 1 unspecified atom stereocenters. The smallest absolute Gasteiger partial charge is 0.122 e. The highest BCUT2D eigenvalue weighted by Gasteiger charge is 2.29. The molecular weight excluding hydrogens is 226 g/mol. The molecule has 1 heterocycles. The van der Waals surface area contributed by atoms with Crippen LogP contribution in [0.5, 0.6) is 5.75 Å². The van der Waals surface area contributed by atoms with Crippen molar-refractivity contribution in [2.45, 2.75) is 50.8 Å². The summed E-state index contributed by atoms with van der Waals surface area (Å²) in [4.78, 5) is 0. The van der Waals surface area contributed by atoms with Crippen molar-refractivity contribution in [2.24, 2.45) is 0 Å². The van der Waals surface area contributed by atoms with Gasteiger partial charge in [-0.15, -0.1) is 0 Å². The molecule has 0 spiro atoms. The first-order chi connectivity index (χ1) is 8.76. The van der Waals surface area contributed by atoms with Gasteiger partial charge in [0.25, 0.3) is 0 Å². The number of rotatable bonds is 4. The molecule has 0 aromatic heterocycles. The van der Waals surface area contributed by atoms with E-state index in [4.69, 9.17) is 4.74 Å². The van der Waals surface area contributed by atoms with Gasteiger partial charge < -0.3 is 15.2 Å². The normalized spacial score (nSPS) is 27.2. The lowest BCUT2D eigenvalue weighted by atomic mass is 9.88. The largest absolute Gasteiger partial charge is 0.493 e. The monoisotopic (exact) mass is 247 g/mol. The van der Waals surface area contributed by atoms with Crippen molar-refractivity contribution < 1.29 is 9.84 Å². The zero-order valence-electron chi connectivity index (χ0n) is 10.9. The van der Waals surface area contributed by atoms with Gasteiger partial charge in [0, 0.05) is 18.5 Å². The van der Waals surface area contributed by atoms with E-state index in [9.17, 15) is 5.11 Å². The van der Waals surface area contributed by atoms with Gasteiger partial charge in [-0.1, -0.05) is 19.1 Å². The molecule has 1 atom stereocenters. The Kier molecular flexibility index (Phi) is 3.27. The van der Waals surface area contributed by atoms with Crippen LogP contribution in [0, 0.1) is 0 Å². The molecule has 0 radical (unpaired) electrons. The van der Waals surface area contributed by atoms with E-state index in [0.29, 0.717) is 12.1 Å². The number of ether oxygens (including phenoxy) is 1. The predicted molar refractivity (Wildman–Crippen MR) is 70.8 cm³/mol. The number of benzene rings is 1. The third-order valence-electron chi connectivity index (χ3n) is 4.07. The molecule has 3 nitrogen and oxygen atoms in total. The van der Waals surface area contributed by atoms with Gasteiger partial charge in [0.2, 0.25) is 0 Å². The van der Waals surface area contributed by atoms with E-state index in [1.165, 1.54) is 11.1 Å². The van der Waals surface area contributed by atoms with Crippen LogP contribution < -0.4 is 10.1 Å². The molecule has 1 aromatic carbocycles. The number of aliphatic hydroxyl groups is 1. The molecule has 1 aromatic rings. The molecule has 3 heteroatoms. The maximum absolute atomic E-state index is 9.34. The van der Waals surface area contributed by atoms with Crippen molar-refractivity contribution in [2.75, 3.05) is 6.61 Å². The molecule has 0 saturated heterocycles. The van der Waals surface area contributed by atoms with E-state index in [1.807, 2.05) is 0 Å². The summed E-state index contributed by atoms with van der Waals surface area (Å²) in [6.07, 6.45) is 3.80. The van der Waals surface area contributed by atoms with E-state index in [2.05, 4.69) is 30.4 Å². The summed E-state index contributed by atoms with van der Waals surface area (Å²) in [6.45, 7) is 3.02. The Balaban J connectivity index is 1.71. The predicted octanol–water partition coefficient (Wildman–Crippen LogP) is 2.19. The molecule has 1 aliphatic carbocycles. The minimum atomic E-state index is -0.0894. The average molecular weight is 247 g/mol. The second-order valence-electron chi connectivity index (χ2n) is 5.42. The Bertz CT molecular complexity index is 427. The Morgan fingerprint density at radius 3 is 3.00 bits per heavy atom. The Morgan fingerprint density at radius 2 is 2.28 bits per heavy atom. The van der Waals surface area contributed by atoms with Crippen LogP contribution in [-0.2, 0) is 6.42 Å². The molecule has 2 aliphatic rings. The summed E-state index contributed by atoms with van der Waals surface area (Å²) in [6, 6.07) is 7.42. The zero-order chi connectivity index (χ0) is 12.5. The highest BCUT2D eigenvalue weighted by Crippen LogP contribution is 2.30. The van der Waals surface area contributed by atoms with Crippen molar-refractivity contribution in [1.82, 2.24) is 5.32 Å². The summed E-state index contributed by atoms with van der Waals surface area (Å²) in [5.41, 5.74) is 2.68. The quantitative estimate of drug-likeness (QED) is 0.857. The Hall–Kier alpha value is -1.06. The molecule has 0 amide bonds. The molecular formula is C15H21NO2. The van der Waals surface area contributed by atoms with E-state index in [0.717, 1.165) is 38.0 Å². The van der Waals surface area contributed by atoms with Crippen LogP contribution in [0.25, 0.3) is 0 Å². The summed E-state index contributed by atoms with van der Waals surface area (Å²) in [5, 5.41) is 13.0. The molecule has 2 N–H and O–H groups in total. The first-order valence-electron chi connectivity index (χ1n) is 6.96. The number of aliphatic hydroxyl groups excluding tert-OH is 1. The van der Waals surface area contributed by atoms with Crippen LogP contribution in [0.1, 0.15) is 43.4 Å². The molecule has 0 bridgehead atoms. The second kappa shape index (κ2) is 4.90. The van der Waals surface area contributed by atoms with Gasteiger partial charge in [0.05, 0.1) is 12.7 Å². The topological polar surface area (TPSA) is 41.5 Å². The number of hydrogen-bond acceptors (Lipinski definition) is 3. The van der Waals surface area contributed by atoms with Crippen LogP contribution in [0.2, 0.25) is 0 Å². The van der Waals surface area contributed by atoms with Crippen molar-refractivity contribution in [3.8, 4) is 5.75 Å². The number of nitrogens with one attached hydrogen (secondary N) is 1. The van der Waals surface area contributed by atoms with Gasteiger partial charge in [-0.05, 0) is 36.5 Å². The van der Waals surface area contributed by atoms with Crippen LogP contribution in [0.4, 0.5) is 0 Å². The van der Waals surface area contributed by atoms with Gasteiger partial charge in [-0.2, -0.15) is 0 Å².